The number of rotatable bonds is 1. The van der Waals surface area contributed by atoms with Gasteiger partial charge in [-0.25, -0.2) is 0 Å². The van der Waals surface area contributed by atoms with E-state index in [2.05, 4.69) is 4.90 Å². The molecule has 2 aliphatic heterocycles. The number of halogens is 3. The molecule has 0 aromatic heterocycles. The van der Waals surface area contributed by atoms with Gasteiger partial charge in [0, 0.05) is 12.0 Å². The van der Waals surface area contributed by atoms with Crippen LogP contribution in [0.5, 0.6) is 0 Å². The van der Waals surface area contributed by atoms with Gasteiger partial charge in [0.05, 0.1) is 5.69 Å². The van der Waals surface area contributed by atoms with E-state index in [1.807, 2.05) is 7.05 Å². The lowest BCUT2D eigenvalue weighted by molar-refractivity contribution is -0.0438. The molecule has 0 bridgehead atoms. The Morgan fingerprint density at radius 1 is 1.14 bits per heavy atom. The summed E-state index contributed by atoms with van der Waals surface area (Å²) >= 11 is 0. The lowest BCUT2D eigenvalue weighted by Gasteiger charge is -2.38. The first-order valence-electron chi connectivity index (χ1n) is 7.04. The third-order valence-corrected chi connectivity index (χ3v) is 6.21. The molecule has 0 saturated carbocycles. The molecule has 4 nitrogen and oxygen atoms in total. The molecule has 0 aliphatic carbocycles. The zero-order valence-corrected chi connectivity index (χ0v) is 12.9. The first-order valence-corrected chi connectivity index (χ1v) is 8.48. The van der Waals surface area contributed by atoms with E-state index in [0.717, 1.165) is 18.7 Å². The van der Waals surface area contributed by atoms with Gasteiger partial charge in [0.2, 0.25) is 0 Å². The van der Waals surface area contributed by atoms with Crippen molar-refractivity contribution in [3.8, 4) is 0 Å². The zero-order chi connectivity index (χ0) is 16.2. The molecule has 22 heavy (non-hydrogen) atoms. The molecule has 0 atom stereocenters. The number of anilines is 1. The van der Waals surface area contributed by atoms with E-state index in [1.54, 1.807) is 18.2 Å². The Morgan fingerprint density at radius 2 is 1.73 bits per heavy atom. The molecule has 0 N–H and O–H groups in total. The predicted octanol–water partition coefficient (Wildman–Crippen LogP) is 2.32. The second-order valence-corrected chi connectivity index (χ2v) is 7.91. The van der Waals surface area contributed by atoms with Gasteiger partial charge in [-0.15, -0.1) is 0 Å². The monoisotopic (exact) mass is 334 g/mol. The molecule has 1 aromatic rings. The molecule has 8 heteroatoms. The van der Waals surface area contributed by atoms with E-state index >= 15 is 0 Å². The van der Waals surface area contributed by atoms with Gasteiger partial charge in [-0.1, -0.05) is 18.2 Å². The number of fused-ring (bicyclic) bond motifs is 2. The van der Waals surface area contributed by atoms with Crippen LogP contribution in [0.4, 0.5) is 18.9 Å². The molecule has 1 spiro atoms. The van der Waals surface area contributed by atoms with Crippen LogP contribution in [0.1, 0.15) is 18.4 Å². The average molecular weight is 334 g/mol. The van der Waals surface area contributed by atoms with Crippen molar-refractivity contribution in [3.63, 3.8) is 0 Å². The van der Waals surface area contributed by atoms with Crippen molar-refractivity contribution in [2.24, 2.45) is 0 Å². The number of hydrogen-bond donors (Lipinski definition) is 0. The normalized spacial score (nSPS) is 22.1. The summed E-state index contributed by atoms with van der Waals surface area (Å²) in [6, 6.07) is 6.55. The van der Waals surface area contributed by atoms with Crippen molar-refractivity contribution >= 4 is 15.7 Å². The minimum absolute atomic E-state index is 0.123. The fraction of sp³-hybridized carbons (Fsp3) is 0.571. The van der Waals surface area contributed by atoms with Crippen molar-refractivity contribution in [2.75, 3.05) is 31.0 Å². The summed E-state index contributed by atoms with van der Waals surface area (Å²) in [7, 11) is -3.40. The van der Waals surface area contributed by atoms with Gasteiger partial charge in [0.25, 0.3) is 0 Å². The van der Waals surface area contributed by atoms with Gasteiger partial charge in [0.15, 0.2) is 0 Å². The summed E-state index contributed by atoms with van der Waals surface area (Å²) in [6.07, 6.45) is 1.31. The van der Waals surface area contributed by atoms with Crippen molar-refractivity contribution in [1.82, 2.24) is 4.90 Å². The smallest absolute Gasteiger partial charge is 0.306 e. The maximum Gasteiger partial charge on any atom is 0.516 e. The van der Waals surface area contributed by atoms with Crippen LogP contribution < -0.4 is 4.31 Å². The third kappa shape index (κ3) is 2.20. The second kappa shape index (κ2) is 4.86. The van der Waals surface area contributed by atoms with Crippen LogP contribution in [0.25, 0.3) is 0 Å². The molecular formula is C14H17F3N2O2S. The highest BCUT2D eigenvalue weighted by molar-refractivity contribution is 7.93. The van der Waals surface area contributed by atoms with Crippen LogP contribution in [-0.4, -0.2) is 45.5 Å². The van der Waals surface area contributed by atoms with E-state index < -0.39 is 20.9 Å². The van der Waals surface area contributed by atoms with Crippen LogP contribution >= 0.6 is 0 Å². The van der Waals surface area contributed by atoms with Crippen molar-refractivity contribution < 1.29 is 21.6 Å². The van der Waals surface area contributed by atoms with Crippen molar-refractivity contribution in [3.05, 3.63) is 29.8 Å². The fourth-order valence-electron chi connectivity index (χ4n) is 3.40. The number of para-hydroxylation sites is 1. The molecule has 1 aromatic carbocycles. The first kappa shape index (κ1) is 15.6. The van der Waals surface area contributed by atoms with Crippen LogP contribution in [0, 0.1) is 0 Å². The molecule has 0 amide bonds. The molecule has 0 radical (unpaired) electrons. The van der Waals surface area contributed by atoms with E-state index in [1.165, 1.54) is 6.07 Å². The largest absolute Gasteiger partial charge is 0.516 e. The number of piperidine rings is 1. The Hall–Kier alpha value is -1.28. The maximum absolute atomic E-state index is 13.0. The van der Waals surface area contributed by atoms with Gasteiger partial charge >= 0.3 is 15.5 Å². The van der Waals surface area contributed by atoms with Gasteiger partial charge in [0.1, 0.15) is 0 Å². The summed E-state index contributed by atoms with van der Waals surface area (Å²) in [5.74, 6) is 0. The number of alkyl halides is 3. The zero-order valence-electron chi connectivity index (χ0n) is 12.1. The Kier molecular flexibility index (Phi) is 3.45. The number of sulfonamides is 1. The highest BCUT2D eigenvalue weighted by Crippen LogP contribution is 2.49. The molecule has 1 fully saturated rings. The molecular weight excluding hydrogens is 317 g/mol. The summed E-state index contributed by atoms with van der Waals surface area (Å²) in [4.78, 5) is 2.11. The standard InChI is InChI=1S/C14H17F3N2O2S/c1-18-8-6-13(7-9-18)10-19(22(20,21)14(15,16)17)12-5-3-2-4-11(12)13/h2-5H,6-10H2,1H3. The molecule has 3 rings (SSSR count). The van der Waals surface area contributed by atoms with Gasteiger partial charge in [-0.05, 0) is 44.6 Å². The number of benzene rings is 1. The Morgan fingerprint density at radius 3 is 2.32 bits per heavy atom. The first-order chi connectivity index (χ1) is 10.2. The minimum Gasteiger partial charge on any atom is -0.306 e. The number of hydrogen-bond acceptors (Lipinski definition) is 3. The fourth-order valence-corrected chi connectivity index (χ4v) is 4.48. The lowest BCUT2D eigenvalue weighted by atomic mass is 9.74. The van der Waals surface area contributed by atoms with Crippen LogP contribution in [-0.2, 0) is 15.4 Å². The molecule has 0 unspecified atom stereocenters. The lowest BCUT2D eigenvalue weighted by Crippen LogP contribution is -2.47. The van der Waals surface area contributed by atoms with E-state index in [9.17, 15) is 21.6 Å². The van der Waals surface area contributed by atoms with Crippen LogP contribution in [0.15, 0.2) is 24.3 Å². The Balaban J connectivity index is 2.07. The summed E-state index contributed by atoms with van der Waals surface area (Å²) in [6.45, 7) is 1.37. The molecule has 2 heterocycles. The van der Waals surface area contributed by atoms with Crippen molar-refractivity contribution in [2.45, 2.75) is 23.8 Å². The second-order valence-electron chi connectivity index (χ2n) is 6.06. The highest BCUT2D eigenvalue weighted by Gasteiger charge is 2.56. The summed E-state index contributed by atoms with van der Waals surface area (Å²) in [5, 5.41) is 0. The van der Waals surface area contributed by atoms with Crippen LogP contribution in [0.3, 0.4) is 0 Å². The van der Waals surface area contributed by atoms with Crippen molar-refractivity contribution in [1.29, 1.82) is 0 Å². The highest BCUT2D eigenvalue weighted by atomic mass is 32.2. The molecule has 2 aliphatic rings. The minimum atomic E-state index is -5.36. The SMILES string of the molecule is CN1CCC2(CC1)CN(S(=O)(=O)C(F)(F)F)c1ccccc12. The van der Waals surface area contributed by atoms with Gasteiger partial charge in [-0.3, -0.25) is 4.31 Å². The van der Waals surface area contributed by atoms with Crippen LogP contribution in [0.2, 0.25) is 0 Å². The Bertz CT molecular complexity index is 680. The quantitative estimate of drug-likeness (QED) is 0.791. The third-order valence-electron chi connectivity index (χ3n) is 4.72. The summed E-state index contributed by atoms with van der Waals surface area (Å²) < 4.78 is 63.2. The number of nitrogens with zero attached hydrogens (tertiary/aromatic N) is 2. The average Bonchev–Trinajstić information content (AvgIpc) is 2.77. The topological polar surface area (TPSA) is 40.6 Å². The van der Waals surface area contributed by atoms with E-state index in [-0.39, 0.29) is 12.2 Å². The predicted molar refractivity (Wildman–Crippen MR) is 77.2 cm³/mol. The molecule has 122 valence electrons. The van der Waals surface area contributed by atoms with E-state index in [4.69, 9.17) is 0 Å². The Labute approximate surface area is 127 Å². The number of likely N-dealkylation sites (tertiary alicyclic amines) is 1. The van der Waals surface area contributed by atoms with E-state index in [0.29, 0.717) is 17.1 Å². The van der Waals surface area contributed by atoms with Gasteiger partial charge in [-0.2, -0.15) is 21.6 Å². The maximum atomic E-state index is 13.0. The van der Waals surface area contributed by atoms with Gasteiger partial charge < -0.3 is 4.90 Å². The molecule has 1 saturated heterocycles. The summed E-state index contributed by atoms with van der Waals surface area (Å²) in [5.41, 5.74) is -4.90.